The molecule has 0 aliphatic carbocycles. The van der Waals surface area contributed by atoms with E-state index in [0.717, 1.165) is 45.5 Å². The van der Waals surface area contributed by atoms with Crippen molar-refractivity contribution in [2.75, 3.05) is 33.7 Å². The van der Waals surface area contributed by atoms with E-state index in [9.17, 15) is 0 Å². The summed E-state index contributed by atoms with van der Waals surface area (Å²) in [5, 5.41) is 10.1. The van der Waals surface area contributed by atoms with Crippen LogP contribution in [-0.2, 0) is 0 Å². The lowest BCUT2D eigenvalue weighted by molar-refractivity contribution is 1.21. The summed E-state index contributed by atoms with van der Waals surface area (Å²) in [5.74, 6) is 0. The third-order valence-corrected chi connectivity index (χ3v) is 15.7. The van der Waals surface area contributed by atoms with Crippen LogP contribution in [-0.4, -0.2) is 14.1 Å². The molecule has 14 aromatic rings. The van der Waals surface area contributed by atoms with E-state index >= 15 is 0 Å². The molecule has 0 aliphatic rings. The van der Waals surface area contributed by atoms with Gasteiger partial charge >= 0.3 is 0 Å². The molecule has 0 heterocycles. The summed E-state index contributed by atoms with van der Waals surface area (Å²) in [4.78, 5) is 9.11. The molecule has 14 rings (SSSR count). The maximum absolute atomic E-state index is 2.30. The van der Waals surface area contributed by atoms with Gasteiger partial charge in [-0.25, -0.2) is 0 Å². The van der Waals surface area contributed by atoms with Crippen molar-refractivity contribution in [2.45, 2.75) is 0 Å². The van der Waals surface area contributed by atoms with Crippen LogP contribution in [0.2, 0.25) is 0 Å². The molecule has 82 heavy (non-hydrogen) atoms. The normalized spacial score (nSPS) is 11.0. The first-order valence-electron chi connectivity index (χ1n) is 28.0. The molecule has 4 heteroatoms. The Labute approximate surface area is 480 Å². The maximum Gasteiger partial charge on any atom is 0.0494 e. The minimum atomic E-state index is 1.13. The van der Waals surface area contributed by atoms with Gasteiger partial charge in [-0.2, -0.15) is 0 Å². The zero-order valence-electron chi connectivity index (χ0n) is 46.0. The second kappa shape index (κ2) is 23.0. The molecule has 0 aliphatic heterocycles. The fourth-order valence-corrected chi connectivity index (χ4v) is 11.3. The van der Waals surface area contributed by atoms with Gasteiger partial charge in [0.15, 0.2) is 0 Å². The Bertz CT molecular complexity index is 4360. The molecule has 14 aromatic carbocycles. The standard InChI is InChI=1S/2C39H30N2/c1-40(39-28-31-12-8-9-17-36(31)37-18-10-11-19-38(37)39)32-24-20-29(21-25-32)30-22-26-35(27-23-30)41(33-13-4-2-5-14-33)34-15-6-3-7-16-34;1-40(39-25-20-33-26-31-10-8-9-11-32(31)27-34(33)28-39)35-21-16-29(17-22-35)30-18-23-38(24-19-30)41(36-12-4-2-5-13-36)37-14-6-3-7-15-37/h2*2-28H,1H3. The predicted octanol–water partition coefficient (Wildman–Crippen LogP) is 21.8. The first kappa shape index (κ1) is 50.8. The molecule has 0 fully saturated rings. The molecule has 0 aromatic heterocycles. The van der Waals surface area contributed by atoms with Crippen LogP contribution >= 0.6 is 0 Å². The largest absolute Gasteiger partial charge is 0.345 e. The minimum Gasteiger partial charge on any atom is -0.345 e. The minimum absolute atomic E-state index is 1.13. The first-order chi connectivity index (χ1) is 40.5. The first-order valence-corrected chi connectivity index (χ1v) is 28.0. The Morgan fingerprint density at radius 2 is 0.488 bits per heavy atom. The van der Waals surface area contributed by atoms with Gasteiger partial charge in [-0.05, 0) is 187 Å². The van der Waals surface area contributed by atoms with Crippen LogP contribution in [0.15, 0.2) is 328 Å². The molecule has 0 N–H and O–H groups in total. The van der Waals surface area contributed by atoms with Gasteiger partial charge in [0, 0.05) is 76.4 Å². The average molecular weight is 1050 g/mol. The van der Waals surface area contributed by atoms with E-state index in [0.29, 0.717) is 0 Å². The van der Waals surface area contributed by atoms with E-state index in [2.05, 4.69) is 361 Å². The van der Waals surface area contributed by atoms with Crippen molar-refractivity contribution in [1.82, 2.24) is 0 Å². The van der Waals surface area contributed by atoms with Gasteiger partial charge in [0.25, 0.3) is 0 Å². The van der Waals surface area contributed by atoms with Gasteiger partial charge < -0.3 is 19.6 Å². The molecular formula is C78H60N4. The third-order valence-electron chi connectivity index (χ3n) is 15.7. The molecule has 0 radical (unpaired) electrons. The highest BCUT2D eigenvalue weighted by Gasteiger charge is 2.16. The van der Waals surface area contributed by atoms with Crippen molar-refractivity contribution in [3.63, 3.8) is 0 Å². The van der Waals surface area contributed by atoms with Crippen molar-refractivity contribution < 1.29 is 0 Å². The lowest BCUT2D eigenvalue weighted by atomic mass is 9.99. The highest BCUT2D eigenvalue weighted by atomic mass is 15.1. The van der Waals surface area contributed by atoms with Gasteiger partial charge in [-0.15, -0.1) is 0 Å². The van der Waals surface area contributed by atoms with Gasteiger partial charge in [-0.1, -0.05) is 200 Å². The van der Waals surface area contributed by atoms with E-state index in [4.69, 9.17) is 0 Å². The summed E-state index contributed by atoms with van der Waals surface area (Å²) in [6.45, 7) is 0. The molecule has 4 nitrogen and oxygen atoms in total. The van der Waals surface area contributed by atoms with Crippen LogP contribution in [0.1, 0.15) is 0 Å². The second-order valence-electron chi connectivity index (χ2n) is 20.7. The summed E-state index contributed by atoms with van der Waals surface area (Å²) in [5.41, 5.74) is 16.3. The molecule has 0 saturated carbocycles. The molecule has 0 amide bonds. The average Bonchev–Trinajstić information content (AvgIpc) is 3.73. The highest BCUT2D eigenvalue weighted by molar-refractivity contribution is 6.13. The van der Waals surface area contributed by atoms with Gasteiger partial charge in [0.05, 0.1) is 0 Å². The summed E-state index contributed by atoms with van der Waals surface area (Å²) < 4.78 is 0. The molecule has 0 atom stereocenters. The Hall–Kier alpha value is -10.7. The van der Waals surface area contributed by atoms with Gasteiger partial charge in [0.2, 0.25) is 0 Å². The topological polar surface area (TPSA) is 13.0 Å². The van der Waals surface area contributed by atoms with Crippen molar-refractivity contribution >= 4 is 100.0 Å². The number of nitrogens with zero attached hydrogens (tertiary/aromatic N) is 4. The molecule has 0 saturated heterocycles. The number of rotatable bonds is 12. The number of hydrogen-bond donors (Lipinski definition) is 0. The number of hydrogen-bond acceptors (Lipinski definition) is 4. The number of para-hydroxylation sites is 4. The van der Waals surface area contributed by atoms with E-state index in [1.54, 1.807) is 0 Å². The highest BCUT2D eigenvalue weighted by Crippen LogP contribution is 2.40. The van der Waals surface area contributed by atoms with Crippen molar-refractivity contribution in [2.24, 2.45) is 0 Å². The monoisotopic (exact) mass is 1050 g/mol. The lowest BCUT2D eigenvalue weighted by Crippen LogP contribution is -2.10. The van der Waals surface area contributed by atoms with Crippen LogP contribution in [0.25, 0.3) is 65.3 Å². The number of fused-ring (bicyclic) bond motifs is 5. The van der Waals surface area contributed by atoms with E-state index in [-0.39, 0.29) is 0 Å². The van der Waals surface area contributed by atoms with Crippen molar-refractivity contribution in [1.29, 1.82) is 0 Å². The maximum atomic E-state index is 2.30. The Balaban J connectivity index is 0.000000154. The number of anilines is 10. The second-order valence-corrected chi connectivity index (χ2v) is 20.7. The van der Waals surface area contributed by atoms with Crippen LogP contribution < -0.4 is 19.6 Å². The molecule has 0 bridgehead atoms. The fraction of sp³-hybridized carbons (Fsp3) is 0.0256. The summed E-state index contributed by atoms with van der Waals surface area (Å²) in [7, 11) is 4.29. The zero-order valence-corrected chi connectivity index (χ0v) is 46.0. The van der Waals surface area contributed by atoms with E-state index in [1.165, 1.54) is 76.7 Å². The van der Waals surface area contributed by atoms with Crippen LogP contribution in [0.4, 0.5) is 56.9 Å². The molecule has 392 valence electrons. The molecular weight excluding hydrogens is 993 g/mol. The van der Waals surface area contributed by atoms with Crippen molar-refractivity contribution in [3.05, 3.63) is 328 Å². The Kier molecular flexibility index (Phi) is 14.2. The lowest BCUT2D eigenvalue weighted by Gasteiger charge is -2.25. The summed E-state index contributed by atoms with van der Waals surface area (Å²) in [6, 6.07) is 117. The predicted molar refractivity (Wildman–Crippen MR) is 352 cm³/mol. The third kappa shape index (κ3) is 10.5. The van der Waals surface area contributed by atoms with Crippen LogP contribution in [0.3, 0.4) is 0 Å². The van der Waals surface area contributed by atoms with Gasteiger partial charge in [0.1, 0.15) is 0 Å². The SMILES string of the molecule is CN(c1ccc(-c2ccc(N(c3ccccc3)c3ccccc3)cc2)cc1)c1cc2ccccc2c2ccccc12.CN(c1ccc(-c2ccc(N(c3ccccc3)c3ccccc3)cc2)cc1)c1ccc2cc3ccccc3cc2c1. The fourth-order valence-electron chi connectivity index (χ4n) is 11.3. The zero-order chi connectivity index (χ0) is 55.2. The quantitative estimate of drug-likeness (QED) is 0.0893. The van der Waals surface area contributed by atoms with Crippen LogP contribution in [0, 0.1) is 0 Å². The van der Waals surface area contributed by atoms with E-state index in [1.807, 2.05) is 0 Å². The smallest absolute Gasteiger partial charge is 0.0494 e. The Morgan fingerprint density at radius 1 is 0.183 bits per heavy atom. The number of benzene rings is 14. The summed E-state index contributed by atoms with van der Waals surface area (Å²) >= 11 is 0. The summed E-state index contributed by atoms with van der Waals surface area (Å²) in [6.07, 6.45) is 0. The molecule has 0 unspecified atom stereocenters. The van der Waals surface area contributed by atoms with Gasteiger partial charge in [-0.3, -0.25) is 0 Å². The Morgan fingerprint density at radius 3 is 0.927 bits per heavy atom. The van der Waals surface area contributed by atoms with Crippen molar-refractivity contribution in [3.8, 4) is 22.3 Å². The molecule has 0 spiro atoms. The van der Waals surface area contributed by atoms with Crippen LogP contribution in [0.5, 0.6) is 0 Å². The van der Waals surface area contributed by atoms with E-state index < -0.39 is 0 Å².